The third-order valence-electron chi connectivity index (χ3n) is 2.40. The van der Waals surface area contributed by atoms with Crippen molar-refractivity contribution < 1.29 is 65.3 Å². The standard InChI is InChI=1S/C12H19NO13/c1-2-3-8-15-17-19-21-23-25-26-24-22-20-18-16-10-13-9-11-6-4-5-7-12(11)14/h4-7,13-14H,2-3,8-10H2,1H3. The van der Waals surface area contributed by atoms with Gasteiger partial charge in [-0.3, -0.25) is 5.32 Å². The Kier molecular flexibility index (Phi) is 14.7. The molecule has 0 radical (unpaired) electrons. The third-order valence-corrected chi connectivity index (χ3v) is 2.40. The second kappa shape index (κ2) is 16.9. The monoisotopic (exact) mass is 385 g/mol. The number of benzene rings is 1. The number of hydrogen-bond donors (Lipinski definition) is 2. The van der Waals surface area contributed by atoms with E-state index < -0.39 is 0 Å². The summed E-state index contributed by atoms with van der Waals surface area (Å²) >= 11 is 0. The van der Waals surface area contributed by atoms with Crippen LogP contribution in [0.3, 0.4) is 0 Å². The zero-order valence-corrected chi connectivity index (χ0v) is 13.7. The van der Waals surface area contributed by atoms with E-state index in [1.54, 1.807) is 24.3 Å². The summed E-state index contributed by atoms with van der Waals surface area (Å²) in [5.41, 5.74) is 0.672. The second-order valence-corrected chi connectivity index (χ2v) is 4.17. The van der Waals surface area contributed by atoms with Gasteiger partial charge in [-0.25, -0.2) is 4.89 Å². The number of phenolic OH excluding ortho intramolecular Hbond substituents is 1. The van der Waals surface area contributed by atoms with Gasteiger partial charge in [-0.15, -0.1) is 0 Å². The van der Waals surface area contributed by atoms with Crippen molar-refractivity contribution in [1.82, 2.24) is 5.32 Å². The van der Waals surface area contributed by atoms with E-state index in [-0.39, 0.29) is 12.5 Å². The highest BCUT2D eigenvalue weighted by atomic mass is 18.0. The molecule has 14 heteroatoms. The summed E-state index contributed by atoms with van der Waals surface area (Å²) in [6.45, 7) is 2.51. The Bertz CT molecular complexity index is 437. The first-order chi connectivity index (χ1) is 12.8. The van der Waals surface area contributed by atoms with Crippen LogP contribution in [-0.2, 0) is 66.7 Å². The average Bonchev–Trinajstić information content (AvgIpc) is 2.65. The summed E-state index contributed by atoms with van der Waals surface area (Å²) in [7, 11) is 0. The van der Waals surface area contributed by atoms with E-state index >= 15 is 0 Å². The van der Waals surface area contributed by atoms with Gasteiger partial charge in [0.2, 0.25) is 0 Å². The lowest BCUT2D eigenvalue weighted by Crippen LogP contribution is -2.17. The maximum absolute atomic E-state index is 9.51. The summed E-state index contributed by atoms with van der Waals surface area (Å²) in [5.74, 6) is 0.151. The van der Waals surface area contributed by atoms with Gasteiger partial charge in [-0.05, 0) is 62.9 Å². The number of unbranched alkanes of at least 4 members (excludes halogenated alkanes) is 1. The first kappa shape index (κ1) is 22.5. The Labute approximate surface area is 147 Å². The largest absolute Gasteiger partial charge is 0.508 e. The van der Waals surface area contributed by atoms with Gasteiger partial charge >= 0.3 is 0 Å². The van der Waals surface area contributed by atoms with Crippen molar-refractivity contribution in [3.05, 3.63) is 29.8 Å². The van der Waals surface area contributed by atoms with Crippen molar-refractivity contribution >= 4 is 0 Å². The molecule has 14 nitrogen and oxygen atoms in total. The number of aromatic hydroxyl groups is 1. The van der Waals surface area contributed by atoms with Crippen LogP contribution in [0, 0.1) is 0 Å². The fraction of sp³-hybridized carbons (Fsp3) is 0.500. The molecule has 0 heterocycles. The topological polar surface area (TPSA) is 143 Å². The molecule has 0 fully saturated rings. The van der Waals surface area contributed by atoms with Crippen LogP contribution in [0.15, 0.2) is 24.3 Å². The molecule has 0 amide bonds. The van der Waals surface area contributed by atoms with Crippen molar-refractivity contribution in [3.63, 3.8) is 0 Å². The van der Waals surface area contributed by atoms with Gasteiger partial charge in [0.25, 0.3) is 0 Å². The van der Waals surface area contributed by atoms with Crippen molar-refractivity contribution in [3.8, 4) is 5.75 Å². The van der Waals surface area contributed by atoms with Crippen molar-refractivity contribution in [2.75, 3.05) is 13.3 Å². The van der Waals surface area contributed by atoms with E-state index in [2.05, 4.69) is 65.5 Å². The molecule has 1 aromatic carbocycles. The molecule has 0 aliphatic carbocycles. The predicted molar refractivity (Wildman–Crippen MR) is 72.6 cm³/mol. The summed E-state index contributed by atoms with van der Waals surface area (Å²) in [6, 6.07) is 6.77. The van der Waals surface area contributed by atoms with Crippen molar-refractivity contribution in [2.24, 2.45) is 0 Å². The maximum Gasteiger partial charge on any atom is 0.136 e. The molecule has 1 aromatic rings. The minimum atomic E-state index is -0.0936. The molecule has 0 unspecified atom stereocenters. The van der Waals surface area contributed by atoms with Crippen LogP contribution >= 0.6 is 0 Å². The van der Waals surface area contributed by atoms with Gasteiger partial charge in [0.1, 0.15) is 12.5 Å². The van der Waals surface area contributed by atoms with Gasteiger partial charge in [0.05, 0.1) is 6.61 Å². The Hall–Kier alpha value is -1.50. The molecule has 0 spiro atoms. The Morgan fingerprint density at radius 3 is 2.00 bits per heavy atom. The Morgan fingerprint density at radius 1 is 0.808 bits per heavy atom. The third kappa shape index (κ3) is 12.8. The van der Waals surface area contributed by atoms with Gasteiger partial charge in [-0.2, -0.15) is 4.89 Å². The smallest absolute Gasteiger partial charge is 0.136 e. The molecule has 0 bridgehead atoms. The zero-order valence-electron chi connectivity index (χ0n) is 13.7. The van der Waals surface area contributed by atoms with E-state index in [0.29, 0.717) is 18.7 Å². The van der Waals surface area contributed by atoms with E-state index in [4.69, 9.17) is 0 Å². The van der Waals surface area contributed by atoms with Crippen LogP contribution in [0.5, 0.6) is 5.75 Å². The molecule has 2 N–H and O–H groups in total. The van der Waals surface area contributed by atoms with Crippen molar-refractivity contribution in [2.45, 2.75) is 26.3 Å². The first-order valence-corrected chi connectivity index (χ1v) is 7.23. The molecule has 0 aromatic heterocycles. The quantitative estimate of drug-likeness (QED) is 0.163. The van der Waals surface area contributed by atoms with Crippen LogP contribution in [-0.4, -0.2) is 18.4 Å². The summed E-state index contributed by atoms with van der Waals surface area (Å²) in [4.78, 5) is 8.93. The van der Waals surface area contributed by atoms with Gasteiger partial charge in [0, 0.05) is 12.1 Å². The highest BCUT2D eigenvalue weighted by molar-refractivity contribution is 5.31. The molecule has 0 saturated heterocycles. The number of para-hydroxylation sites is 1. The van der Waals surface area contributed by atoms with E-state index in [9.17, 15) is 5.11 Å². The zero-order chi connectivity index (χ0) is 18.7. The van der Waals surface area contributed by atoms with Gasteiger partial charge in [0.15, 0.2) is 0 Å². The molecule has 0 aliphatic heterocycles. The lowest BCUT2D eigenvalue weighted by molar-refractivity contribution is -0.863. The van der Waals surface area contributed by atoms with Gasteiger partial charge in [-0.1, -0.05) is 31.5 Å². The Balaban J connectivity index is 1.74. The molecule has 0 aliphatic rings. The Morgan fingerprint density at radius 2 is 1.38 bits per heavy atom. The minimum Gasteiger partial charge on any atom is -0.508 e. The van der Waals surface area contributed by atoms with Crippen LogP contribution in [0.25, 0.3) is 0 Å². The molecule has 1 rings (SSSR count). The van der Waals surface area contributed by atoms with Crippen molar-refractivity contribution in [1.29, 1.82) is 0 Å². The molecule has 150 valence electrons. The van der Waals surface area contributed by atoms with E-state index in [1.807, 2.05) is 6.92 Å². The van der Waals surface area contributed by atoms with Crippen LogP contribution < -0.4 is 5.32 Å². The maximum atomic E-state index is 9.51. The highest BCUT2D eigenvalue weighted by Gasteiger charge is 2.00. The summed E-state index contributed by atoms with van der Waals surface area (Å²) < 4.78 is 0. The molecule has 26 heavy (non-hydrogen) atoms. The van der Waals surface area contributed by atoms with Crippen LogP contribution in [0.2, 0.25) is 0 Å². The van der Waals surface area contributed by atoms with E-state index in [0.717, 1.165) is 12.8 Å². The lowest BCUT2D eigenvalue weighted by Gasteiger charge is -2.05. The predicted octanol–water partition coefficient (Wildman–Crippen LogP) is 1.50. The number of rotatable bonds is 18. The highest BCUT2D eigenvalue weighted by Crippen LogP contribution is 2.14. The first-order valence-electron chi connectivity index (χ1n) is 7.23. The normalized spacial score (nSPS) is 11.1. The SMILES string of the molecule is CCCCOOOOOOOOOOOOCNCc1ccccc1O. The minimum absolute atomic E-state index is 0.0936. The number of phenols is 1. The van der Waals surface area contributed by atoms with Crippen LogP contribution in [0.1, 0.15) is 25.3 Å². The molecular weight excluding hydrogens is 366 g/mol. The average molecular weight is 385 g/mol. The fourth-order valence-electron chi connectivity index (χ4n) is 1.28. The van der Waals surface area contributed by atoms with Crippen LogP contribution in [0.4, 0.5) is 0 Å². The molecular formula is C12H19NO13. The van der Waals surface area contributed by atoms with E-state index in [1.165, 1.54) is 0 Å². The lowest BCUT2D eigenvalue weighted by atomic mass is 10.2. The fourth-order valence-corrected chi connectivity index (χ4v) is 1.28. The number of nitrogens with one attached hydrogen (secondary N) is 1. The number of hydrogen-bond acceptors (Lipinski definition) is 14. The summed E-state index contributed by atoms with van der Waals surface area (Å²) in [6.07, 6.45) is 1.69. The summed E-state index contributed by atoms with van der Waals surface area (Å²) in [5, 5.41) is 50.6. The van der Waals surface area contributed by atoms with Gasteiger partial charge < -0.3 is 5.11 Å². The second-order valence-electron chi connectivity index (χ2n) is 4.17. The molecule has 0 atom stereocenters. The molecule has 0 saturated carbocycles.